The molecule has 0 unspecified atom stereocenters. The van der Waals surface area contributed by atoms with Crippen molar-refractivity contribution < 1.29 is 4.79 Å². The molecule has 2 aliphatic rings. The molecule has 6 heteroatoms. The number of nitrogens with zero attached hydrogens (tertiary/aromatic N) is 3. The monoisotopic (exact) mass is 470 g/mol. The van der Waals surface area contributed by atoms with Gasteiger partial charge >= 0.3 is 0 Å². The number of nitrogens with one attached hydrogen (secondary N) is 1. The van der Waals surface area contributed by atoms with Gasteiger partial charge in [0.25, 0.3) is 0 Å². The lowest BCUT2D eigenvalue weighted by molar-refractivity contribution is -0.123. The van der Waals surface area contributed by atoms with Crippen LogP contribution in [0, 0.1) is 5.41 Å². The molecule has 0 aromatic heterocycles. The molecular formula is C27H39ClN4O. The SMILES string of the molecule is CN1CCN(CC(=O)NCC2(Cc3ccccc3)CCN(Cc3ccccc3)CC2)CC1.Cl. The summed E-state index contributed by atoms with van der Waals surface area (Å²) < 4.78 is 0. The van der Waals surface area contributed by atoms with Crippen molar-refractivity contribution in [3.8, 4) is 0 Å². The van der Waals surface area contributed by atoms with Crippen molar-refractivity contribution in [2.45, 2.75) is 25.8 Å². The molecule has 1 N–H and O–H groups in total. The Balaban J connectivity index is 0.00000306. The van der Waals surface area contributed by atoms with Crippen LogP contribution in [0.1, 0.15) is 24.0 Å². The highest BCUT2D eigenvalue weighted by Gasteiger charge is 2.35. The van der Waals surface area contributed by atoms with Gasteiger partial charge in [0.05, 0.1) is 6.54 Å². The summed E-state index contributed by atoms with van der Waals surface area (Å²) in [6, 6.07) is 21.5. The number of benzene rings is 2. The van der Waals surface area contributed by atoms with Gasteiger partial charge in [-0.25, -0.2) is 0 Å². The molecule has 2 aromatic rings. The smallest absolute Gasteiger partial charge is 0.234 e. The molecule has 0 saturated carbocycles. The standard InChI is InChI=1S/C27H38N4O.ClH/c1-29-16-18-31(19-17-29)22-26(32)28-23-27(20-24-8-4-2-5-9-24)12-14-30(15-13-27)21-25-10-6-3-7-11-25;/h2-11H,12-23H2,1H3,(H,28,32);1H. The van der Waals surface area contributed by atoms with Gasteiger partial charge in [0, 0.05) is 39.3 Å². The highest BCUT2D eigenvalue weighted by atomic mass is 35.5. The third-order valence-electron chi connectivity index (χ3n) is 7.21. The van der Waals surface area contributed by atoms with E-state index < -0.39 is 0 Å². The minimum absolute atomic E-state index is 0. The Morgan fingerprint density at radius 2 is 1.39 bits per heavy atom. The summed E-state index contributed by atoms with van der Waals surface area (Å²) in [5, 5.41) is 3.32. The molecule has 1 amide bonds. The number of amides is 1. The number of likely N-dealkylation sites (tertiary alicyclic amines) is 1. The molecule has 0 radical (unpaired) electrons. The minimum Gasteiger partial charge on any atom is -0.354 e. The lowest BCUT2D eigenvalue weighted by Gasteiger charge is -2.42. The van der Waals surface area contributed by atoms with Gasteiger partial charge in [-0.3, -0.25) is 14.6 Å². The van der Waals surface area contributed by atoms with E-state index in [-0.39, 0.29) is 23.7 Å². The fourth-order valence-electron chi connectivity index (χ4n) is 5.02. The van der Waals surface area contributed by atoms with Gasteiger partial charge in [-0.15, -0.1) is 12.4 Å². The van der Waals surface area contributed by atoms with Gasteiger partial charge in [0.1, 0.15) is 0 Å². The highest BCUT2D eigenvalue weighted by molar-refractivity contribution is 5.85. The van der Waals surface area contributed by atoms with Crippen molar-refractivity contribution in [1.29, 1.82) is 0 Å². The van der Waals surface area contributed by atoms with Crippen molar-refractivity contribution >= 4 is 18.3 Å². The zero-order chi connectivity index (χ0) is 22.2. The van der Waals surface area contributed by atoms with Gasteiger partial charge in [-0.05, 0) is 55.9 Å². The predicted octanol–water partition coefficient (Wildman–Crippen LogP) is 3.30. The quantitative estimate of drug-likeness (QED) is 0.642. The average Bonchev–Trinajstić information content (AvgIpc) is 2.82. The zero-order valence-corrected chi connectivity index (χ0v) is 20.7. The van der Waals surface area contributed by atoms with Crippen LogP contribution in [-0.2, 0) is 17.8 Å². The van der Waals surface area contributed by atoms with Crippen LogP contribution in [0.2, 0.25) is 0 Å². The van der Waals surface area contributed by atoms with Crippen LogP contribution in [0.5, 0.6) is 0 Å². The van der Waals surface area contributed by atoms with Crippen LogP contribution in [0.25, 0.3) is 0 Å². The number of hydrogen-bond acceptors (Lipinski definition) is 4. The summed E-state index contributed by atoms with van der Waals surface area (Å²) in [5.74, 6) is 0.175. The maximum absolute atomic E-state index is 12.8. The number of carbonyl (C=O) groups is 1. The van der Waals surface area contributed by atoms with E-state index in [0.717, 1.165) is 71.6 Å². The molecule has 2 fully saturated rings. The summed E-state index contributed by atoms with van der Waals surface area (Å²) >= 11 is 0. The summed E-state index contributed by atoms with van der Waals surface area (Å²) in [7, 11) is 2.15. The van der Waals surface area contributed by atoms with Crippen molar-refractivity contribution in [3.05, 3.63) is 71.8 Å². The molecule has 2 aliphatic heterocycles. The fourth-order valence-corrected chi connectivity index (χ4v) is 5.02. The molecule has 2 heterocycles. The first kappa shape index (κ1) is 25.7. The molecule has 0 bridgehead atoms. The summed E-state index contributed by atoms with van der Waals surface area (Å²) in [6.07, 6.45) is 3.26. The first-order valence-electron chi connectivity index (χ1n) is 12.1. The van der Waals surface area contributed by atoms with Crippen molar-refractivity contribution in [2.24, 2.45) is 5.41 Å². The Hall–Kier alpha value is -1.92. The van der Waals surface area contributed by atoms with Gasteiger partial charge in [0.15, 0.2) is 0 Å². The second-order valence-electron chi connectivity index (χ2n) is 9.78. The first-order valence-corrected chi connectivity index (χ1v) is 12.1. The molecule has 4 rings (SSSR count). The van der Waals surface area contributed by atoms with Crippen LogP contribution >= 0.6 is 12.4 Å². The molecule has 2 aromatic carbocycles. The number of halogens is 1. The molecule has 0 spiro atoms. The molecule has 0 aliphatic carbocycles. The van der Waals surface area contributed by atoms with E-state index in [2.05, 4.69) is 87.7 Å². The van der Waals surface area contributed by atoms with Gasteiger partial charge in [0.2, 0.25) is 5.91 Å². The van der Waals surface area contributed by atoms with Gasteiger partial charge in [-0.2, -0.15) is 0 Å². The molecular weight excluding hydrogens is 432 g/mol. The molecule has 5 nitrogen and oxygen atoms in total. The zero-order valence-electron chi connectivity index (χ0n) is 19.9. The van der Waals surface area contributed by atoms with E-state index in [0.29, 0.717) is 6.54 Å². The molecule has 2 saturated heterocycles. The number of rotatable bonds is 8. The lowest BCUT2D eigenvalue weighted by atomic mass is 9.73. The van der Waals surface area contributed by atoms with Crippen molar-refractivity contribution in [1.82, 2.24) is 20.0 Å². The van der Waals surface area contributed by atoms with E-state index in [1.807, 2.05) is 0 Å². The van der Waals surface area contributed by atoms with E-state index in [1.165, 1.54) is 11.1 Å². The van der Waals surface area contributed by atoms with Crippen LogP contribution in [0.15, 0.2) is 60.7 Å². The predicted molar refractivity (Wildman–Crippen MR) is 138 cm³/mol. The van der Waals surface area contributed by atoms with Gasteiger partial charge < -0.3 is 10.2 Å². The normalized spacial score (nSPS) is 19.5. The number of carbonyl (C=O) groups excluding carboxylic acids is 1. The Morgan fingerprint density at radius 3 is 2.00 bits per heavy atom. The van der Waals surface area contributed by atoms with Crippen molar-refractivity contribution in [2.75, 3.05) is 59.4 Å². The number of piperidine rings is 1. The van der Waals surface area contributed by atoms with Crippen LogP contribution in [-0.4, -0.2) is 80.0 Å². The minimum atomic E-state index is 0. The largest absolute Gasteiger partial charge is 0.354 e. The van der Waals surface area contributed by atoms with Crippen molar-refractivity contribution in [3.63, 3.8) is 0 Å². The summed E-state index contributed by atoms with van der Waals surface area (Å²) in [4.78, 5) is 19.9. The topological polar surface area (TPSA) is 38.8 Å². The fraction of sp³-hybridized carbons (Fsp3) is 0.519. The highest BCUT2D eigenvalue weighted by Crippen LogP contribution is 2.35. The molecule has 180 valence electrons. The van der Waals surface area contributed by atoms with Crippen LogP contribution in [0.4, 0.5) is 0 Å². The third kappa shape index (κ3) is 7.82. The number of piperazine rings is 1. The van der Waals surface area contributed by atoms with Crippen LogP contribution < -0.4 is 5.32 Å². The Labute approximate surface area is 205 Å². The maximum atomic E-state index is 12.8. The Bertz CT molecular complexity index is 832. The second kappa shape index (κ2) is 12.5. The number of hydrogen-bond donors (Lipinski definition) is 1. The number of likely N-dealkylation sites (N-methyl/N-ethyl adjacent to an activating group) is 1. The van der Waals surface area contributed by atoms with Gasteiger partial charge in [-0.1, -0.05) is 60.7 Å². The Kier molecular flexibility index (Phi) is 9.75. The third-order valence-corrected chi connectivity index (χ3v) is 7.21. The average molecular weight is 471 g/mol. The molecule has 0 atom stereocenters. The van der Waals surface area contributed by atoms with E-state index >= 15 is 0 Å². The summed E-state index contributed by atoms with van der Waals surface area (Å²) in [5.41, 5.74) is 2.88. The first-order chi connectivity index (χ1) is 15.6. The lowest BCUT2D eigenvalue weighted by Crippen LogP contribution is -2.51. The van der Waals surface area contributed by atoms with E-state index in [9.17, 15) is 4.79 Å². The molecule has 33 heavy (non-hydrogen) atoms. The maximum Gasteiger partial charge on any atom is 0.234 e. The second-order valence-corrected chi connectivity index (χ2v) is 9.78. The Morgan fingerprint density at radius 1 is 0.818 bits per heavy atom. The van der Waals surface area contributed by atoms with Crippen LogP contribution in [0.3, 0.4) is 0 Å². The van der Waals surface area contributed by atoms with E-state index in [1.54, 1.807) is 0 Å². The summed E-state index contributed by atoms with van der Waals surface area (Å²) in [6.45, 7) is 8.51. The van der Waals surface area contributed by atoms with E-state index in [4.69, 9.17) is 0 Å².